The highest BCUT2D eigenvalue weighted by Crippen LogP contribution is 2.26. The average Bonchev–Trinajstić information content (AvgIpc) is 3.12. The predicted molar refractivity (Wildman–Crippen MR) is 112 cm³/mol. The highest BCUT2D eigenvalue weighted by Gasteiger charge is 2.13. The maximum absolute atomic E-state index is 12.2. The summed E-state index contributed by atoms with van der Waals surface area (Å²) in [7, 11) is 0. The molecule has 1 amide bonds. The third-order valence-corrected chi connectivity index (χ3v) is 5.34. The van der Waals surface area contributed by atoms with E-state index in [0.717, 1.165) is 11.1 Å². The van der Waals surface area contributed by atoms with Crippen LogP contribution >= 0.6 is 35.0 Å². The second-order valence-electron chi connectivity index (χ2n) is 5.80. The Morgan fingerprint density at radius 3 is 2.68 bits per heavy atom. The van der Waals surface area contributed by atoms with Gasteiger partial charge in [0.1, 0.15) is 11.4 Å². The molecule has 2 heterocycles. The Kier molecular flexibility index (Phi) is 5.47. The SMILES string of the molecule is O=C(CSc1ncnc2c1cnn2-c1ccc(Cl)cc1)Nc1cccc(Cl)c1. The van der Waals surface area contributed by atoms with Gasteiger partial charge in [-0.05, 0) is 42.5 Å². The molecule has 1 N–H and O–H groups in total. The monoisotopic (exact) mass is 429 g/mol. The number of aromatic nitrogens is 4. The first-order valence-electron chi connectivity index (χ1n) is 8.23. The van der Waals surface area contributed by atoms with Crippen molar-refractivity contribution < 1.29 is 4.79 Å². The summed E-state index contributed by atoms with van der Waals surface area (Å²) in [5, 5.41) is 9.90. The zero-order chi connectivity index (χ0) is 19.5. The molecule has 6 nitrogen and oxygen atoms in total. The Hall–Kier alpha value is -2.61. The van der Waals surface area contributed by atoms with Crippen LogP contribution in [0.5, 0.6) is 0 Å². The number of hydrogen-bond acceptors (Lipinski definition) is 5. The molecule has 140 valence electrons. The van der Waals surface area contributed by atoms with Crippen molar-refractivity contribution in [3.63, 3.8) is 0 Å². The van der Waals surface area contributed by atoms with Gasteiger partial charge in [0.05, 0.1) is 23.0 Å². The summed E-state index contributed by atoms with van der Waals surface area (Å²) >= 11 is 13.2. The molecule has 0 atom stereocenters. The van der Waals surface area contributed by atoms with Crippen LogP contribution in [0.15, 0.2) is 66.1 Å². The highest BCUT2D eigenvalue weighted by atomic mass is 35.5. The number of carbonyl (C=O) groups excluding carboxylic acids is 1. The van der Waals surface area contributed by atoms with Crippen LogP contribution in [0.4, 0.5) is 5.69 Å². The lowest BCUT2D eigenvalue weighted by molar-refractivity contribution is -0.113. The quantitative estimate of drug-likeness (QED) is 0.362. The molecule has 4 rings (SSSR count). The normalized spacial score (nSPS) is 10.9. The standard InChI is InChI=1S/C19H13Cl2N5OS/c20-12-4-6-15(7-5-12)26-18-16(9-24-26)19(23-11-22-18)28-10-17(27)25-14-3-1-2-13(21)8-14/h1-9,11H,10H2,(H,25,27). The molecule has 0 bridgehead atoms. The van der Waals surface area contributed by atoms with Gasteiger partial charge in [0, 0.05) is 15.7 Å². The summed E-state index contributed by atoms with van der Waals surface area (Å²) in [6.45, 7) is 0. The Bertz CT molecular complexity index is 1150. The van der Waals surface area contributed by atoms with Crippen molar-refractivity contribution in [2.24, 2.45) is 0 Å². The van der Waals surface area contributed by atoms with Crippen molar-refractivity contribution >= 4 is 57.6 Å². The minimum Gasteiger partial charge on any atom is -0.325 e. The molecular formula is C19H13Cl2N5OS. The number of amides is 1. The van der Waals surface area contributed by atoms with Crippen molar-refractivity contribution in [1.82, 2.24) is 19.7 Å². The van der Waals surface area contributed by atoms with Gasteiger partial charge in [-0.3, -0.25) is 4.79 Å². The zero-order valence-electron chi connectivity index (χ0n) is 14.3. The Morgan fingerprint density at radius 1 is 1.07 bits per heavy atom. The molecule has 0 radical (unpaired) electrons. The Morgan fingerprint density at radius 2 is 1.89 bits per heavy atom. The third-order valence-electron chi connectivity index (χ3n) is 3.85. The lowest BCUT2D eigenvalue weighted by Crippen LogP contribution is -2.14. The van der Waals surface area contributed by atoms with Crippen LogP contribution in [-0.2, 0) is 4.79 Å². The lowest BCUT2D eigenvalue weighted by Gasteiger charge is -2.06. The minimum absolute atomic E-state index is 0.149. The molecule has 0 fully saturated rings. The van der Waals surface area contributed by atoms with E-state index in [-0.39, 0.29) is 11.7 Å². The largest absolute Gasteiger partial charge is 0.325 e. The van der Waals surface area contributed by atoms with Crippen molar-refractivity contribution in [3.8, 4) is 5.69 Å². The molecule has 0 aliphatic heterocycles. The van der Waals surface area contributed by atoms with Crippen molar-refractivity contribution in [3.05, 3.63) is 71.1 Å². The summed E-state index contributed by atoms with van der Waals surface area (Å²) in [4.78, 5) is 20.9. The van der Waals surface area contributed by atoms with Gasteiger partial charge in [0.25, 0.3) is 0 Å². The zero-order valence-corrected chi connectivity index (χ0v) is 16.7. The molecule has 2 aromatic heterocycles. The second kappa shape index (κ2) is 8.18. The molecule has 0 aliphatic carbocycles. The van der Waals surface area contributed by atoms with Crippen molar-refractivity contribution in [1.29, 1.82) is 0 Å². The lowest BCUT2D eigenvalue weighted by atomic mass is 10.3. The molecule has 28 heavy (non-hydrogen) atoms. The first kappa shape index (κ1) is 18.7. The third kappa shape index (κ3) is 4.11. The van der Waals surface area contributed by atoms with Crippen LogP contribution in [0, 0.1) is 0 Å². The molecule has 0 saturated heterocycles. The van der Waals surface area contributed by atoms with Crippen LogP contribution in [0.25, 0.3) is 16.7 Å². The smallest absolute Gasteiger partial charge is 0.234 e. The summed E-state index contributed by atoms with van der Waals surface area (Å²) in [6.07, 6.45) is 3.16. The van der Waals surface area contributed by atoms with Gasteiger partial charge in [0.15, 0.2) is 5.65 Å². The molecular weight excluding hydrogens is 417 g/mol. The van der Waals surface area contributed by atoms with E-state index in [1.807, 2.05) is 12.1 Å². The summed E-state index contributed by atoms with van der Waals surface area (Å²) in [5.74, 6) is 0.0502. The molecule has 0 aliphatic rings. The van der Waals surface area contributed by atoms with Crippen LogP contribution in [0.1, 0.15) is 0 Å². The number of nitrogens with zero attached hydrogens (tertiary/aromatic N) is 4. The van der Waals surface area contributed by atoms with E-state index >= 15 is 0 Å². The fourth-order valence-corrected chi connectivity index (χ4v) is 3.68. The number of rotatable bonds is 5. The van der Waals surface area contributed by atoms with E-state index in [4.69, 9.17) is 23.2 Å². The molecule has 0 unspecified atom stereocenters. The van der Waals surface area contributed by atoms with E-state index in [9.17, 15) is 4.79 Å². The average molecular weight is 430 g/mol. The Labute approximate surface area is 174 Å². The Balaban J connectivity index is 1.51. The van der Waals surface area contributed by atoms with Gasteiger partial charge < -0.3 is 5.32 Å². The van der Waals surface area contributed by atoms with Gasteiger partial charge >= 0.3 is 0 Å². The molecule has 0 spiro atoms. The van der Waals surface area contributed by atoms with E-state index in [2.05, 4.69) is 20.4 Å². The second-order valence-corrected chi connectivity index (χ2v) is 7.63. The fraction of sp³-hybridized carbons (Fsp3) is 0.0526. The van der Waals surface area contributed by atoms with Crippen LogP contribution in [0.3, 0.4) is 0 Å². The van der Waals surface area contributed by atoms with Gasteiger partial charge in [0.2, 0.25) is 5.91 Å². The molecule has 2 aromatic carbocycles. The fourth-order valence-electron chi connectivity index (χ4n) is 2.61. The van der Waals surface area contributed by atoms with Crippen molar-refractivity contribution in [2.45, 2.75) is 5.03 Å². The number of nitrogens with one attached hydrogen (secondary N) is 1. The number of anilines is 1. The minimum atomic E-state index is -0.149. The van der Waals surface area contributed by atoms with Gasteiger partial charge in [-0.25, -0.2) is 14.6 Å². The molecule has 0 saturated carbocycles. The van der Waals surface area contributed by atoms with Crippen LogP contribution in [0.2, 0.25) is 10.0 Å². The maximum Gasteiger partial charge on any atom is 0.234 e. The first-order valence-corrected chi connectivity index (χ1v) is 9.97. The number of benzene rings is 2. The van der Waals surface area contributed by atoms with Gasteiger partial charge in [-0.2, -0.15) is 5.10 Å². The number of halogens is 2. The highest BCUT2D eigenvalue weighted by molar-refractivity contribution is 8.00. The topological polar surface area (TPSA) is 72.7 Å². The molecule has 9 heteroatoms. The van der Waals surface area contributed by atoms with E-state index in [1.165, 1.54) is 18.1 Å². The van der Waals surface area contributed by atoms with Gasteiger partial charge in [-0.15, -0.1) is 0 Å². The number of carbonyl (C=O) groups is 1. The number of hydrogen-bond donors (Lipinski definition) is 1. The number of thioether (sulfide) groups is 1. The first-order chi connectivity index (χ1) is 13.6. The summed E-state index contributed by atoms with van der Waals surface area (Å²) < 4.78 is 1.71. The van der Waals surface area contributed by atoms with E-state index in [1.54, 1.807) is 47.3 Å². The number of fused-ring (bicyclic) bond motifs is 1. The maximum atomic E-state index is 12.2. The van der Waals surface area contributed by atoms with Crippen molar-refractivity contribution in [2.75, 3.05) is 11.1 Å². The van der Waals surface area contributed by atoms with Crippen LogP contribution < -0.4 is 5.32 Å². The summed E-state index contributed by atoms with van der Waals surface area (Å²) in [5.41, 5.74) is 2.16. The summed E-state index contributed by atoms with van der Waals surface area (Å²) in [6, 6.07) is 14.3. The van der Waals surface area contributed by atoms with E-state index < -0.39 is 0 Å². The van der Waals surface area contributed by atoms with E-state index in [0.29, 0.717) is 26.4 Å². The predicted octanol–water partition coefficient (Wildman–Crippen LogP) is 4.85. The molecule has 4 aromatic rings. The van der Waals surface area contributed by atoms with Crippen LogP contribution in [-0.4, -0.2) is 31.4 Å². The van der Waals surface area contributed by atoms with Gasteiger partial charge in [-0.1, -0.05) is 41.0 Å².